The number of thiazole rings is 1. The van der Waals surface area contributed by atoms with Crippen LogP contribution in [0.5, 0.6) is 11.5 Å². The van der Waals surface area contributed by atoms with Gasteiger partial charge in [0.05, 0.1) is 6.07 Å². The molecule has 0 unspecified atom stereocenters. The Labute approximate surface area is 139 Å². The highest BCUT2D eigenvalue weighted by Crippen LogP contribution is 2.30. The third-order valence-corrected chi connectivity index (χ3v) is 4.48. The average Bonchev–Trinajstić information content (AvgIpc) is 3.01. The summed E-state index contributed by atoms with van der Waals surface area (Å²) in [6, 6.07) is 8.19. The molecule has 0 fully saturated rings. The van der Waals surface area contributed by atoms with E-state index in [9.17, 15) is 5.26 Å². The standard InChI is InChI=1S/C17H17N3O2S/c1-12-11-23-17(20-12)14(9-18)10-19-5-4-13-2-3-15-16(8-13)22-7-6-21-15/h2-3,8,10-11,14H,4-7H2,1H3/t14-/m0/s1. The number of aliphatic imine (C=N–C) groups is 1. The van der Waals surface area contributed by atoms with Gasteiger partial charge in [0.15, 0.2) is 11.5 Å². The highest BCUT2D eigenvalue weighted by molar-refractivity contribution is 7.09. The number of nitrogens with zero attached hydrogens (tertiary/aromatic N) is 3. The van der Waals surface area contributed by atoms with Gasteiger partial charge in [-0.1, -0.05) is 6.07 Å². The van der Waals surface area contributed by atoms with Crippen LogP contribution in [0.3, 0.4) is 0 Å². The van der Waals surface area contributed by atoms with E-state index in [1.54, 1.807) is 6.21 Å². The van der Waals surface area contributed by atoms with Crippen LogP contribution < -0.4 is 9.47 Å². The van der Waals surface area contributed by atoms with Gasteiger partial charge in [0.25, 0.3) is 0 Å². The minimum absolute atomic E-state index is 0.367. The molecule has 0 spiro atoms. The van der Waals surface area contributed by atoms with Gasteiger partial charge in [-0.3, -0.25) is 4.99 Å². The van der Waals surface area contributed by atoms with E-state index in [1.807, 2.05) is 30.5 Å². The van der Waals surface area contributed by atoms with Gasteiger partial charge >= 0.3 is 0 Å². The van der Waals surface area contributed by atoms with Crippen LogP contribution in [0.25, 0.3) is 0 Å². The number of hydrogen-bond acceptors (Lipinski definition) is 6. The third-order valence-electron chi connectivity index (χ3n) is 3.43. The van der Waals surface area contributed by atoms with Crippen LogP contribution in [0.15, 0.2) is 28.6 Å². The largest absolute Gasteiger partial charge is 0.486 e. The summed E-state index contributed by atoms with van der Waals surface area (Å²) < 4.78 is 11.1. The zero-order valence-corrected chi connectivity index (χ0v) is 13.7. The summed E-state index contributed by atoms with van der Waals surface area (Å²) in [7, 11) is 0. The number of aromatic nitrogens is 1. The van der Waals surface area contributed by atoms with E-state index in [2.05, 4.69) is 16.0 Å². The normalized spacial score (nSPS) is 14.6. The zero-order valence-electron chi connectivity index (χ0n) is 12.9. The van der Waals surface area contributed by atoms with Crippen LogP contribution >= 0.6 is 11.3 Å². The second-order valence-electron chi connectivity index (χ2n) is 5.22. The molecule has 1 aromatic heterocycles. The molecule has 0 bridgehead atoms. The predicted octanol–water partition coefficient (Wildman–Crippen LogP) is 3.14. The maximum Gasteiger partial charge on any atom is 0.161 e. The fourth-order valence-electron chi connectivity index (χ4n) is 2.28. The molecule has 0 amide bonds. The van der Waals surface area contributed by atoms with E-state index in [0.717, 1.165) is 34.2 Å². The van der Waals surface area contributed by atoms with Crippen LogP contribution in [-0.2, 0) is 6.42 Å². The first-order valence-corrected chi connectivity index (χ1v) is 8.34. The number of benzene rings is 1. The van der Waals surface area contributed by atoms with E-state index in [1.165, 1.54) is 11.3 Å². The van der Waals surface area contributed by atoms with Crippen molar-refractivity contribution in [1.29, 1.82) is 5.26 Å². The lowest BCUT2D eigenvalue weighted by molar-refractivity contribution is 0.171. The number of rotatable bonds is 5. The Morgan fingerprint density at radius 1 is 1.39 bits per heavy atom. The molecule has 2 heterocycles. The summed E-state index contributed by atoms with van der Waals surface area (Å²) in [6.45, 7) is 3.74. The second kappa shape index (κ2) is 7.25. The lowest BCUT2D eigenvalue weighted by Gasteiger charge is -2.18. The number of ether oxygens (including phenoxy) is 2. The van der Waals surface area contributed by atoms with Crippen LogP contribution in [0, 0.1) is 18.3 Å². The van der Waals surface area contributed by atoms with Gasteiger partial charge in [-0.15, -0.1) is 11.3 Å². The first-order valence-electron chi connectivity index (χ1n) is 7.46. The second-order valence-corrected chi connectivity index (χ2v) is 6.11. The molecule has 23 heavy (non-hydrogen) atoms. The van der Waals surface area contributed by atoms with Crippen molar-refractivity contribution in [3.8, 4) is 17.6 Å². The van der Waals surface area contributed by atoms with Crippen LogP contribution in [0.4, 0.5) is 0 Å². The molecular weight excluding hydrogens is 310 g/mol. The van der Waals surface area contributed by atoms with Crippen LogP contribution in [-0.4, -0.2) is 31.0 Å². The quantitative estimate of drug-likeness (QED) is 0.791. The van der Waals surface area contributed by atoms with Crippen molar-refractivity contribution in [2.75, 3.05) is 19.8 Å². The maximum absolute atomic E-state index is 9.23. The van der Waals surface area contributed by atoms with Gasteiger partial charge in [-0.05, 0) is 31.0 Å². The van der Waals surface area contributed by atoms with Gasteiger partial charge in [0.1, 0.15) is 24.1 Å². The van der Waals surface area contributed by atoms with Crippen molar-refractivity contribution in [2.45, 2.75) is 19.3 Å². The number of fused-ring (bicyclic) bond motifs is 1. The molecule has 6 heteroatoms. The van der Waals surface area contributed by atoms with Crippen molar-refractivity contribution in [1.82, 2.24) is 4.98 Å². The molecule has 0 saturated carbocycles. The molecule has 0 N–H and O–H groups in total. The average molecular weight is 327 g/mol. The summed E-state index contributed by atoms with van der Waals surface area (Å²) in [5.41, 5.74) is 2.08. The minimum Gasteiger partial charge on any atom is -0.486 e. The predicted molar refractivity (Wildman–Crippen MR) is 89.7 cm³/mol. The summed E-state index contributed by atoms with van der Waals surface area (Å²) in [5.74, 6) is 1.23. The van der Waals surface area contributed by atoms with Gasteiger partial charge in [0.2, 0.25) is 0 Å². The Kier molecular flexibility index (Phi) is 4.89. The van der Waals surface area contributed by atoms with Gasteiger partial charge in [-0.2, -0.15) is 5.26 Å². The first-order chi connectivity index (χ1) is 11.3. The molecule has 118 valence electrons. The van der Waals surface area contributed by atoms with Crippen LogP contribution in [0.1, 0.15) is 22.2 Å². The number of hydrogen-bond donors (Lipinski definition) is 0. The SMILES string of the molecule is Cc1csc([C@@H](C#N)C=NCCc2ccc3c(c2)OCCO3)n1. The van der Waals surface area contributed by atoms with E-state index < -0.39 is 0 Å². The number of aryl methyl sites for hydroxylation is 1. The molecule has 0 saturated heterocycles. The summed E-state index contributed by atoms with van der Waals surface area (Å²) in [4.78, 5) is 8.72. The fraction of sp³-hybridized carbons (Fsp3) is 0.353. The molecule has 1 aliphatic heterocycles. The number of nitriles is 1. The maximum atomic E-state index is 9.23. The van der Waals surface area contributed by atoms with E-state index in [0.29, 0.717) is 19.8 Å². The Hall–Kier alpha value is -2.39. The van der Waals surface area contributed by atoms with Crippen molar-refractivity contribution in [3.63, 3.8) is 0 Å². The molecule has 5 nitrogen and oxygen atoms in total. The highest BCUT2D eigenvalue weighted by atomic mass is 32.1. The van der Waals surface area contributed by atoms with Crippen molar-refractivity contribution < 1.29 is 9.47 Å². The molecule has 2 aromatic rings. The van der Waals surface area contributed by atoms with E-state index >= 15 is 0 Å². The van der Waals surface area contributed by atoms with Gasteiger partial charge in [0, 0.05) is 23.8 Å². The topological polar surface area (TPSA) is 67.5 Å². The Morgan fingerprint density at radius 3 is 2.96 bits per heavy atom. The Bertz CT molecular complexity index is 749. The van der Waals surface area contributed by atoms with Gasteiger partial charge < -0.3 is 9.47 Å². The highest BCUT2D eigenvalue weighted by Gasteiger charge is 2.12. The molecule has 3 rings (SSSR count). The molecule has 1 aliphatic rings. The fourth-order valence-corrected chi connectivity index (χ4v) is 3.09. The molecule has 1 atom stereocenters. The molecular formula is C17H17N3O2S. The molecule has 0 aliphatic carbocycles. The first kappa shape index (κ1) is 15.5. The van der Waals surface area contributed by atoms with E-state index in [-0.39, 0.29) is 5.92 Å². The lowest BCUT2D eigenvalue weighted by Crippen LogP contribution is -2.15. The monoisotopic (exact) mass is 327 g/mol. The smallest absolute Gasteiger partial charge is 0.161 e. The van der Waals surface area contributed by atoms with Crippen LogP contribution in [0.2, 0.25) is 0 Å². The summed E-state index contributed by atoms with van der Waals surface area (Å²) in [5, 5.41) is 12.0. The van der Waals surface area contributed by atoms with Crippen molar-refractivity contribution in [2.24, 2.45) is 4.99 Å². The van der Waals surface area contributed by atoms with Crippen molar-refractivity contribution in [3.05, 3.63) is 39.8 Å². The minimum atomic E-state index is -0.367. The van der Waals surface area contributed by atoms with Crippen molar-refractivity contribution >= 4 is 17.6 Å². The van der Waals surface area contributed by atoms with Gasteiger partial charge in [-0.25, -0.2) is 4.98 Å². The van der Waals surface area contributed by atoms with E-state index in [4.69, 9.17) is 9.47 Å². The zero-order chi connectivity index (χ0) is 16.1. The summed E-state index contributed by atoms with van der Waals surface area (Å²) >= 11 is 1.50. The molecule has 1 aromatic carbocycles. The molecule has 0 radical (unpaired) electrons. The Balaban J connectivity index is 1.57. The summed E-state index contributed by atoms with van der Waals surface area (Å²) in [6.07, 6.45) is 2.48. The lowest BCUT2D eigenvalue weighted by atomic mass is 10.1. The third kappa shape index (κ3) is 3.88. The Morgan fingerprint density at radius 2 is 2.22 bits per heavy atom.